The number of carbonyl (C=O) groups is 2. The van der Waals surface area contributed by atoms with E-state index in [9.17, 15) is 0 Å². The number of aliphatic hydroxyl groups is 1. The summed E-state index contributed by atoms with van der Waals surface area (Å²) in [7, 11) is 0. The molecule has 0 atom stereocenters. The highest BCUT2D eigenvalue weighted by Crippen LogP contribution is 2.14. The van der Waals surface area contributed by atoms with Gasteiger partial charge in [0.05, 0.1) is 0 Å². The van der Waals surface area contributed by atoms with Gasteiger partial charge in [-0.1, -0.05) is 0 Å². The van der Waals surface area contributed by atoms with Crippen molar-refractivity contribution in [2.24, 2.45) is 5.92 Å². The van der Waals surface area contributed by atoms with Crippen molar-refractivity contribution in [3.8, 4) is 0 Å². The van der Waals surface area contributed by atoms with Gasteiger partial charge in [-0.2, -0.15) is 0 Å². The predicted molar refractivity (Wildman–Crippen MR) is 52.6 cm³/mol. The van der Waals surface area contributed by atoms with Crippen LogP contribution in [0.25, 0.3) is 0 Å². The quantitative estimate of drug-likeness (QED) is 0.467. The van der Waals surface area contributed by atoms with E-state index in [2.05, 4.69) is 5.32 Å². The minimum Gasteiger partial charge on any atom is -0.473 e. The molecule has 1 aliphatic rings. The number of rotatable bonds is 2. The standard InChI is InChI=1S/C7H15NO.C2H2O4/c9-6-3-7-1-4-8-5-2-7;3-1(4)2(5)6/h7-9H,1-6H2;(H,3,4)(H,5,6). The lowest BCUT2D eigenvalue weighted by Gasteiger charge is -2.21. The van der Waals surface area contributed by atoms with Crippen molar-refractivity contribution in [1.29, 1.82) is 0 Å². The summed E-state index contributed by atoms with van der Waals surface area (Å²) < 4.78 is 0. The largest absolute Gasteiger partial charge is 0.473 e. The first kappa shape index (κ1) is 13.9. The lowest BCUT2D eigenvalue weighted by Crippen LogP contribution is -2.28. The van der Waals surface area contributed by atoms with E-state index in [0.29, 0.717) is 6.61 Å². The van der Waals surface area contributed by atoms with Crippen LogP contribution < -0.4 is 5.32 Å². The molecule has 0 bridgehead atoms. The molecule has 4 N–H and O–H groups in total. The molecule has 1 saturated heterocycles. The van der Waals surface area contributed by atoms with E-state index in [1.165, 1.54) is 12.8 Å². The molecule has 6 heteroatoms. The molecule has 88 valence electrons. The minimum absolute atomic E-state index is 0.366. The van der Waals surface area contributed by atoms with Crippen molar-refractivity contribution in [3.05, 3.63) is 0 Å². The van der Waals surface area contributed by atoms with Crippen LogP contribution in [0.15, 0.2) is 0 Å². The van der Waals surface area contributed by atoms with E-state index in [1.807, 2.05) is 0 Å². The Hall–Kier alpha value is -1.14. The van der Waals surface area contributed by atoms with E-state index in [1.54, 1.807) is 0 Å². The van der Waals surface area contributed by atoms with Crippen molar-refractivity contribution >= 4 is 11.9 Å². The highest BCUT2D eigenvalue weighted by molar-refractivity contribution is 6.27. The molecule has 0 aromatic rings. The summed E-state index contributed by atoms with van der Waals surface area (Å²) in [5.41, 5.74) is 0. The fourth-order valence-electron chi connectivity index (χ4n) is 1.35. The SMILES string of the molecule is O=C(O)C(=O)O.OCCC1CCNCC1. The van der Waals surface area contributed by atoms with Crippen molar-refractivity contribution in [1.82, 2.24) is 5.32 Å². The highest BCUT2D eigenvalue weighted by atomic mass is 16.4. The van der Waals surface area contributed by atoms with E-state index in [4.69, 9.17) is 24.9 Å². The second-order valence-electron chi connectivity index (χ2n) is 3.32. The van der Waals surface area contributed by atoms with Gasteiger partial charge < -0.3 is 20.6 Å². The fourth-order valence-corrected chi connectivity index (χ4v) is 1.35. The molecule has 1 rings (SSSR count). The number of carboxylic acids is 2. The average molecular weight is 219 g/mol. The first-order chi connectivity index (χ1) is 7.07. The molecule has 0 aromatic carbocycles. The van der Waals surface area contributed by atoms with Crippen LogP contribution in [0.1, 0.15) is 19.3 Å². The third kappa shape index (κ3) is 7.90. The zero-order valence-electron chi connectivity index (χ0n) is 8.48. The maximum absolute atomic E-state index is 9.10. The van der Waals surface area contributed by atoms with Crippen LogP contribution >= 0.6 is 0 Å². The summed E-state index contributed by atoms with van der Waals surface area (Å²) in [6.45, 7) is 2.65. The van der Waals surface area contributed by atoms with Crippen LogP contribution in [0.3, 0.4) is 0 Å². The van der Waals surface area contributed by atoms with Gasteiger partial charge in [-0.25, -0.2) is 9.59 Å². The summed E-state index contributed by atoms with van der Waals surface area (Å²) in [6.07, 6.45) is 3.50. The Bertz CT molecular complexity index is 186. The van der Waals surface area contributed by atoms with E-state index < -0.39 is 11.9 Å². The van der Waals surface area contributed by atoms with Gasteiger partial charge in [0.1, 0.15) is 0 Å². The molecule has 0 aromatic heterocycles. The Morgan fingerprint density at radius 1 is 1.13 bits per heavy atom. The fraction of sp³-hybridized carbons (Fsp3) is 0.778. The lowest BCUT2D eigenvalue weighted by molar-refractivity contribution is -0.159. The molecule has 6 nitrogen and oxygen atoms in total. The third-order valence-corrected chi connectivity index (χ3v) is 2.18. The molecule has 0 amide bonds. The summed E-state index contributed by atoms with van der Waals surface area (Å²) in [4.78, 5) is 18.2. The lowest BCUT2D eigenvalue weighted by atomic mass is 9.95. The maximum Gasteiger partial charge on any atom is 0.414 e. The molecule has 1 heterocycles. The van der Waals surface area contributed by atoms with E-state index in [0.717, 1.165) is 25.4 Å². The van der Waals surface area contributed by atoms with E-state index in [-0.39, 0.29) is 0 Å². The van der Waals surface area contributed by atoms with Gasteiger partial charge >= 0.3 is 11.9 Å². The van der Waals surface area contributed by atoms with Crippen molar-refractivity contribution < 1.29 is 24.9 Å². The van der Waals surface area contributed by atoms with Crippen molar-refractivity contribution in [2.75, 3.05) is 19.7 Å². The zero-order valence-corrected chi connectivity index (χ0v) is 8.48. The minimum atomic E-state index is -1.82. The smallest absolute Gasteiger partial charge is 0.414 e. The topological polar surface area (TPSA) is 107 Å². The summed E-state index contributed by atoms with van der Waals surface area (Å²) in [6, 6.07) is 0. The normalized spacial score (nSPS) is 16.3. The van der Waals surface area contributed by atoms with Crippen LogP contribution in [0.2, 0.25) is 0 Å². The monoisotopic (exact) mass is 219 g/mol. The number of hydrogen-bond acceptors (Lipinski definition) is 4. The summed E-state index contributed by atoms with van der Waals surface area (Å²) in [5, 5.41) is 26.7. The molecule has 0 unspecified atom stereocenters. The highest BCUT2D eigenvalue weighted by Gasteiger charge is 2.10. The van der Waals surface area contributed by atoms with Gasteiger partial charge in [0.15, 0.2) is 0 Å². The molecule has 15 heavy (non-hydrogen) atoms. The number of piperidine rings is 1. The molecule has 1 aliphatic heterocycles. The van der Waals surface area contributed by atoms with Crippen LogP contribution in [0, 0.1) is 5.92 Å². The molecular formula is C9H17NO5. The Labute approximate surface area is 87.9 Å². The van der Waals surface area contributed by atoms with Gasteiger partial charge in [-0.3, -0.25) is 0 Å². The molecule has 0 saturated carbocycles. The molecule has 0 radical (unpaired) electrons. The number of carboxylic acid groups (broad SMARTS) is 2. The van der Waals surface area contributed by atoms with Crippen LogP contribution in [-0.2, 0) is 9.59 Å². The summed E-state index contributed by atoms with van der Waals surface area (Å²) >= 11 is 0. The maximum atomic E-state index is 9.10. The zero-order chi connectivity index (χ0) is 11.7. The number of hydrogen-bond donors (Lipinski definition) is 4. The predicted octanol–water partition coefficient (Wildman–Crippen LogP) is -0.476. The molecule has 0 spiro atoms. The van der Waals surface area contributed by atoms with Crippen molar-refractivity contribution in [2.45, 2.75) is 19.3 Å². The van der Waals surface area contributed by atoms with Gasteiger partial charge in [0.25, 0.3) is 0 Å². The Balaban J connectivity index is 0.000000288. The van der Waals surface area contributed by atoms with Crippen LogP contribution in [0.4, 0.5) is 0 Å². The number of aliphatic hydroxyl groups excluding tert-OH is 1. The van der Waals surface area contributed by atoms with Crippen LogP contribution in [0.5, 0.6) is 0 Å². The first-order valence-electron chi connectivity index (χ1n) is 4.85. The van der Waals surface area contributed by atoms with Crippen LogP contribution in [-0.4, -0.2) is 47.0 Å². The van der Waals surface area contributed by atoms with Gasteiger partial charge in [-0.05, 0) is 38.3 Å². The second kappa shape index (κ2) is 8.19. The molecule has 1 fully saturated rings. The molecule has 0 aliphatic carbocycles. The Morgan fingerprint density at radius 2 is 1.60 bits per heavy atom. The summed E-state index contributed by atoms with van der Waals surface area (Å²) in [5.74, 6) is -2.86. The van der Waals surface area contributed by atoms with Gasteiger partial charge in [0, 0.05) is 6.61 Å². The first-order valence-corrected chi connectivity index (χ1v) is 4.85. The average Bonchev–Trinajstić information content (AvgIpc) is 2.20. The third-order valence-electron chi connectivity index (χ3n) is 2.18. The number of aliphatic carboxylic acids is 2. The van der Waals surface area contributed by atoms with Crippen molar-refractivity contribution in [3.63, 3.8) is 0 Å². The number of nitrogens with one attached hydrogen (secondary N) is 1. The Morgan fingerprint density at radius 3 is 1.93 bits per heavy atom. The second-order valence-corrected chi connectivity index (χ2v) is 3.32. The van der Waals surface area contributed by atoms with Gasteiger partial charge in [-0.15, -0.1) is 0 Å². The Kier molecular flexibility index (Phi) is 7.57. The van der Waals surface area contributed by atoms with E-state index >= 15 is 0 Å². The van der Waals surface area contributed by atoms with Gasteiger partial charge in [0.2, 0.25) is 0 Å². The molecular weight excluding hydrogens is 202 g/mol.